The Morgan fingerprint density at radius 3 is 2.81 bits per heavy atom. The maximum atomic E-state index is 13.8. The zero-order valence-corrected chi connectivity index (χ0v) is 12.0. The van der Waals surface area contributed by atoms with Gasteiger partial charge in [0.2, 0.25) is 0 Å². The van der Waals surface area contributed by atoms with Crippen molar-refractivity contribution in [3.63, 3.8) is 0 Å². The smallest absolute Gasteiger partial charge is 0.301 e. The Hall–Kier alpha value is -2.18. The lowest BCUT2D eigenvalue weighted by Gasteiger charge is -2.25. The molecule has 1 atom stereocenters. The summed E-state index contributed by atoms with van der Waals surface area (Å²) < 4.78 is 19.0. The molecule has 0 radical (unpaired) electrons. The molecule has 1 aromatic carbocycles. The lowest BCUT2D eigenvalue weighted by Crippen LogP contribution is -2.31. The highest BCUT2D eigenvalue weighted by atomic mass is 19.1. The molecule has 6 heteroatoms. The van der Waals surface area contributed by atoms with Gasteiger partial charge in [-0.15, -0.1) is 0 Å². The van der Waals surface area contributed by atoms with Gasteiger partial charge in [0.05, 0.1) is 6.26 Å². The summed E-state index contributed by atoms with van der Waals surface area (Å²) in [6.07, 6.45) is 1.43. The number of carbonyl (C=O) groups is 1. The van der Waals surface area contributed by atoms with Crippen molar-refractivity contribution in [1.82, 2.24) is 10.3 Å². The molecule has 2 aromatic rings. The van der Waals surface area contributed by atoms with Crippen molar-refractivity contribution >= 4 is 5.91 Å². The lowest BCUT2D eigenvalue weighted by atomic mass is 10.1. The lowest BCUT2D eigenvalue weighted by molar-refractivity contribution is 0.0922. The number of benzene rings is 1. The third kappa shape index (κ3) is 3.29. The molecule has 0 saturated heterocycles. The van der Waals surface area contributed by atoms with Crippen LogP contribution in [0.25, 0.3) is 0 Å². The molecule has 5 nitrogen and oxygen atoms in total. The third-order valence-corrected chi connectivity index (χ3v) is 3.52. The van der Waals surface area contributed by atoms with Crippen molar-refractivity contribution in [2.75, 3.05) is 7.05 Å². The Kier molecular flexibility index (Phi) is 4.72. The van der Waals surface area contributed by atoms with Gasteiger partial charge in [-0.3, -0.25) is 15.1 Å². The van der Waals surface area contributed by atoms with Crippen LogP contribution in [0.3, 0.4) is 0 Å². The number of nitrogen functional groups attached to an aromatic ring is 1. The maximum Gasteiger partial charge on any atom is 0.301 e. The first-order chi connectivity index (χ1) is 10.0. The van der Waals surface area contributed by atoms with Gasteiger partial charge in [-0.25, -0.2) is 10.2 Å². The first-order valence-corrected chi connectivity index (χ1v) is 6.56. The molecule has 0 spiro atoms. The number of hydrogen-bond donors (Lipinski definition) is 2. The van der Waals surface area contributed by atoms with Crippen LogP contribution >= 0.6 is 0 Å². The summed E-state index contributed by atoms with van der Waals surface area (Å²) in [5.74, 6) is 4.55. The summed E-state index contributed by atoms with van der Waals surface area (Å²) in [7, 11) is 1.86. The standard InChI is InChI=1S/C15H18FN3O2/c1-10(12-5-3-4-6-13(12)16)19(2)9-11-7-8-21-14(11)15(20)18-17/h3-8,10H,9,17H2,1-2H3,(H,18,20). The molecule has 21 heavy (non-hydrogen) atoms. The average molecular weight is 291 g/mol. The minimum Gasteiger partial charge on any atom is -0.459 e. The quantitative estimate of drug-likeness (QED) is 0.503. The summed E-state index contributed by atoms with van der Waals surface area (Å²) in [6, 6.07) is 8.20. The predicted molar refractivity (Wildman–Crippen MR) is 76.6 cm³/mol. The molecule has 3 N–H and O–H groups in total. The van der Waals surface area contributed by atoms with E-state index in [4.69, 9.17) is 10.3 Å². The van der Waals surface area contributed by atoms with Crippen LogP contribution < -0.4 is 11.3 Å². The van der Waals surface area contributed by atoms with E-state index < -0.39 is 5.91 Å². The Morgan fingerprint density at radius 1 is 1.43 bits per heavy atom. The molecule has 2 rings (SSSR count). The van der Waals surface area contributed by atoms with Gasteiger partial charge in [-0.1, -0.05) is 18.2 Å². The van der Waals surface area contributed by atoms with Crippen LogP contribution in [-0.2, 0) is 6.54 Å². The van der Waals surface area contributed by atoms with Crippen LogP contribution in [0.15, 0.2) is 41.0 Å². The van der Waals surface area contributed by atoms with Gasteiger partial charge in [0, 0.05) is 23.7 Å². The fourth-order valence-corrected chi connectivity index (χ4v) is 2.18. The van der Waals surface area contributed by atoms with Crippen molar-refractivity contribution in [1.29, 1.82) is 0 Å². The van der Waals surface area contributed by atoms with Gasteiger partial charge in [0.15, 0.2) is 5.76 Å². The fourth-order valence-electron chi connectivity index (χ4n) is 2.18. The summed E-state index contributed by atoms with van der Waals surface area (Å²) in [5.41, 5.74) is 3.34. The maximum absolute atomic E-state index is 13.8. The number of nitrogens with two attached hydrogens (primary N) is 1. The predicted octanol–water partition coefficient (Wildman–Crippen LogP) is 2.22. The van der Waals surface area contributed by atoms with Gasteiger partial charge < -0.3 is 4.42 Å². The number of hydrogen-bond acceptors (Lipinski definition) is 4. The topological polar surface area (TPSA) is 71.5 Å². The number of carbonyl (C=O) groups excluding carboxylic acids is 1. The van der Waals surface area contributed by atoms with Gasteiger partial charge in [0.1, 0.15) is 5.82 Å². The van der Waals surface area contributed by atoms with Crippen molar-refractivity contribution in [3.05, 3.63) is 59.3 Å². The monoisotopic (exact) mass is 291 g/mol. The van der Waals surface area contributed by atoms with E-state index in [-0.39, 0.29) is 17.6 Å². The molecule has 1 unspecified atom stereocenters. The van der Waals surface area contributed by atoms with Crippen molar-refractivity contribution < 1.29 is 13.6 Å². The van der Waals surface area contributed by atoms with Crippen molar-refractivity contribution in [2.24, 2.45) is 5.84 Å². The molecule has 1 amide bonds. The molecule has 0 saturated carbocycles. The second kappa shape index (κ2) is 6.51. The zero-order valence-electron chi connectivity index (χ0n) is 12.0. The van der Waals surface area contributed by atoms with Crippen molar-refractivity contribution in [2.45, 2.75) is 19.5 Å². The highest BCUT2D eigenvalue weighted by Gasteiger charge is 2.20. The van der Waals surface area contributed by atoms with Crippen LogP contribution in [0.4, 0.5) is 4.39 Å². The highest BCUT2D eigenvalue weighted by molar-refractivity contribution is 5.92. The van der Waals surface area contributed by atoms with E-state index in [0.717, 1.165) is 0 Å². The normalized spacial score (nSPS) is 12.4. The second-order valence-electron chi connectivity index (χ2n) is 4.86. The van der Waals surface area contributed by atoms with E-state index in [1.807, 2.05) is 24.3 Å². The van der Waals surface area contributed by atoms with Gasteiger partial charge in [0.25, 0.3) is 0 Å². The average Bonchev–Trinajstić information content (AvgIpc) is 2.94. The minimum absolute atomic E-state index is 0.144. The number of nitrogens with zero attached hydrogens (tertiary/aromatic N) is 1. The van der Waals surface area contributed by atoms with Crippen LogP contribution in [0.2, 0.25) is 0 Å². The Bertz CT molecular complexity index is 627. The highest BCUT2D eigenvalue weighted by Crippen LogP contribution is 2.24. The number of amides is 1. The fraction of sp³-hybridized carbons (Fsp3) is 0.267. The number of furan rings is 1. The van der Waals surface area contributed by atoms with Gasteiger partial charge >= 0.3 is 5.91 Å². The van der Waals surface area contributed by atoms with E-state index in [9.17, 15) is 9.18 Å². The summed E-state index contributed by atoms with van der Waals surface area (Å²) in [5, 5.41) is 0. The Morgan fingerprint density at radius 2 is 2.14 bits per heavy atom. The van der Waals surface area contributed by atoms with Crippen LogP contribution in [0.1, 0.15) is 34.6 Å². The Balaban J connectivity index is 2.15. The molecule has 1 aromatic heterocycles. The molecule has 1 heterocycles. The number of hydrazine groups is 1. The second-order valence-corrected chi connectivity index (χ2v) is 4.86. The summed E-state index contributed by atoms with van der Waals surface area (Å²) in [4.78, 5) is 13.5. The number of halogens is 1. The van der Waals surface area contributed by atoms with E-state index >= 15 is 0 Å². The first-order valence-electron chi connectivity index (χ1n) is 6.56. The SMILES string of the molecule is CC(c1ccccc1F)N(C)Cc1ccoc1C(=O)NN. The summed E-state index contributed by atoms with van der Waals surface area (Å²) in [6.45, 7) is 2.34. The molecule has 0 fully saturated rings. The van der Waals surface area contributed by atoms with E-state index in [1.165, 1.54) is 12.3 Å². The molecule has 112 valence electrons. The molecule has 0 aliphatic heterocycles. The third-order valence-electron chi connectivity index (χ3n) is 3.52. The zero-order chi connectivity index (χ0) is 15.4. The molecular formula is C15H18FN3O2. The van der Waals surface area contributed by atoms with E-state index in [2.05, 4.69) is 0 Å². The largest absolute Gasteiger partial charge is 0.459 e. The molecule has 0 bridgehead atoms. The van der Waals surface area contributed by atoms with E-state index in [1.54, 1.807) is 24.3 Å². The number of rotatable bonds is 5. The van der Waals surface area contributed by atoms with Crippen LogP contribution in [-0.4, -0.2) is 17.9 Å². The summed E-state index contributed by atoms with van der Waals surface area (Å²) >= 11 is 0. The van der Waals surface area contributed by atoms with Crippen LogP contribution in [0, 0.1) is 5.82 Å². The van der Waals surface area contributed by atoms with Gasteiger partial charge in [-0.05, 0) is 26.1 Å². The molecule has 0 aliphatic carbocycles. The van der Waals surface area contributed by atoms with E-state index in [0.29, 0.717) is 17.7 Å². The van der Waals surface area contributed by atoms with Crippen molar-refractivity contribution in [3.8, 4) is 0 Å². The Labute approximate surface area is 122 Å². The number of nitrogens with one attached hydrogen (secondary N) is 1. The van der Waals surface area contributed by atoms with Crippen LogP contribution in [0.5, 0.6) is 0 Å². The molecular weight excluding hydrogens is 273 g/mol. The minimum atomic E-state index is -0.484. The first kappa shape index (κ1) is 15.2. The molecule has 0 aliphatic rings. The van der Waals surface area contributed by atoms with Gasteiger partial charge in [-0.2, -0.15) is 0 Å².